The van der Waals surface area contributed by atoms with E-state index in [9.17, 15) is 24.0 Å². The number of carbonyl (C=O) groups is 5. The van der Waals surface area contributed by atoms with Crippen molar-refractivity contribution in [2.24, 2.45) is 29.1 Å². The number of ether oxygens (including phenoxy) is 6. The van der Waals surface area contributed by atoms with Crippen LogP contribution in [0.3, 0.4) is 0 Å². The van der Waals surface area contributed by atoms with Gasteiger partial charge >= 0.3 is 23.9 Å². The van der Waals surface area contributed by atoms with Crippen molar-refractivity contribution >= 4 is 29.7 Å². The Morgan fingerprint density at radius 1 is 0.857 bits per heavy atom. The van der Waals surface area contributed by atoms with Crippen molar-refractivity contribution in [1.82, 2.24) is 0 Å². The number of esters is 4. The van der Waals surface area contributed by atoms with E-state index >= 15 is 0 Å². The van der Waals surface area contributed by atoms with E-state index < -0.39 is 82.3 Å². The van der Waals surface area contributed by atoms with E-state index in [1.54, 1.807) is 33.8 Å². The van der Waals surface area contributed by atoms with Gasteiger partial charge in [-0.2, -0.15) is 0 Å². The third-order valence-corrected chi connectivity index (χ3v) is 10.4. The number of fused-ring (bicyclic) bond motifs is 1. The highest BCUT2D eigenvalue weighted by Crippen LogP contribution is 2.69. The van der Waals surface area contributed by atoms with E-state index in [0.717, 1.165) is 0 Å². The fourth-order valence-corrected chi connectivity index (χ4v) is 7.99. The summed E-state index contributed by atoms with van der Waals surface area (Å²) in [5.41, 5.74) is -3.86. The summed E-state index contributed by atoms with van der Waals surface area (Å²) in [6, 6.07) is 0. The zero-order valence-corrected chi connectivity index (χ0v) is 26.0. The average Bonchev–Trinajstić information content (AvgIpc) is 3.78. The molecule has 5 rings (SSSR count). The number of hydrogen-bond acceptors (Lipinski definition) is 11. The predicted molar refractivity (Wildman–Crippen MR) is 145 cm³/mol. The molecule has 2 saturated carbocycles. The summed E-state index contributed by atoms with van der Waals surface area (Å²) < 4.78 is 35.5. The van der Waals surface area contributed by atoms with Gasteiger partial charge in [-0.1, -0.05) is 27.7 Å². The zero-order chi connectivity index (χ0) is 31.3. The maximum absolute atomic E-state index is 14.5. The van der Waals surface area contributed by atoms with Crippen LogP contribution in [-0.4, -0.2) is 77.0 Å². The van der Waals surface area contributed by atoms with Crippen LogP contribution in [-0.2, 0) is 52.4 Å². The Morgan fingerprint density at radius 2 is 1.38 bits per heavy atom. The summed E-state index contributed by atoms with van der Waals surface area (Å²) in [4.78, 5) is 64.8. The molecule has 0 N–H and O–H groups in total. The highest BCUT2D eigenvalue weighted by molar-refractivity contribution is 5.96. The number of Topliss-reactive ketones (excluding diaryl/α,β-unsaturated/α-hetero) is 1. The average molecular weight is 591 g/mol. The maximum Gasteiger partial charge on any atom is 0.341 e. The lowest BCUT2D eigenvalue weighted by atomic mass is 9.80. The number of epoxide rings is 2. The Hall–Kier alpha value is -2.79. The van der Waals surface area contributed by atoms with Gasteiger partial charge in [-0.25, -0.2) is 4.79 Å². The molecule has 5 aliphatic rings. The molecule has 0 aromatic heterocycles. The third-order valence-electron chi connectivity index (χ3n) is 10.4. The Bertz CT molecular complexity index is 1270. The van der Waals surface area contributed by atoms with Gasteiger partial charge in [0.15, 0.2) is 28.7 Å². The molecule has 3 unspecified atom stereocenters. The molecular formula is C31H42O11. The molecule has 0 amide bonds. The van der Waals surface area contributed by atoms with Gasteiger partial charge in [0.1, 0.15) is 18.3 Å². The minimum atomic E-state index is -1.37. The summed E-state index contributed by atoms with van der Waals surface area (Å²) in [6.45, 7) is 16.5. The molecular weight excluding hydrogens is 548 g/mol. The van der Waals surface area contributed by atoms with Gasteiger partial charge in [-0.3, -0.25) is 19.2 Å². The van der Waals surface area contributed by atoms with Crippen molar-refractivity contribution in [3.63, 3.8) is 0 Å². The largest absolute Gasteiger partial charge is 0.461 e. The Morgan fingerprint density at radius 3 is 1.90 bits per heavy atom. The summed E-state index contributed by atoms with van der Waals surface area (Å²) in [7, 11) is 0. The molecule has 0 radical (unpaired) electrons. The number of hydrogen-bond donors (Lipinski definition) is 0. The second kappa shape index (κ2) is 9.61. The number of ketones is 1. The molecule has 4 fully saturated rings. The predicted octanol–water partition coefficient (Wildman–Crippen LogP) is 2.86. The molecule has 2 saturated heterocycles. The lowest BCUT2D eigenvalue weighted by molar-refractivity contribution is -0.166. The van der Waals surface area contributed by atoms with Gasteiger partial charge in [-0.05, 0) is 50.2 Å². The minimum absolute atomic E-state index is 0.262. The molecule has 12 atom stereocenters. The third kappa shape index (κ3) is 4.41. The van der Waals surface area contributed by atoms with Crippen molar-refractivity contribution in [2.45, 2.75) is 123 Å². The van der Waals surface area contributed by atoms with E-state index in [0.29, 0.717) is 5.57 Å². The molecule has 2 aliphatic heterocycles. The first-order chi connectivity index (χ1) is 19.3. The summed E-state index contributed by atoms with van der Waals surface area (Å²) in [6.07, 6.45) is -2.03. The van der Waals surface area contributed by atoms with Gasteiger partial charge in [0.05, 0.1) is 12.0 Å². The maximum atomic E-state index is 14.5. The second-order valence-electron chi connectivity index (χ2n) is 13.7. The van der Waals surface area contributed by atoms with Crippen LogP contribution in [0.25, 0.3) is 0 Å². The lowest BCUT2D eigenvalue weighted by Crippen LogP contribution is -2.44. The van der Waals surface area contributed by atoms with Crippen LogP contribution in [0.15, 0.2) is 11.6 Å². The first-order valence-corrected chi connectivity index (χ1v) is 14.7. The molecule has 0 spiro atoms. The number of carbonyl (C=O) groups excluding carboxylic acids is 5. The molecule has 3 aliphatic carbocycles. The quantitative estimate of drug-likeness (QED) is 0.201. The fourth-order valence-electron chi connectivity index (χ4n) is 7.99. The van der Waals surface area contributed by atoms with Crippen LogP contribution in [0.2, 0.25) is 0 Å². The topological polar surface area (TPSA) is 147 Å². The van der Waals surface area contributed by atoms with Gasteiger partial charge in [0.25, 0.3) is 0 Å². The molecule has 42 heavy (non-hydrogen) atoms. The molecule has 0 aromatic carbocycles. The summed E-state index contributed by atoms with van der Waals surface area (Å²) >= 11 is 0. The van der Waals surface area contributed by atoms with Crippen molar-refractivity contribution < 1.29 is 52.4 Å². The van der Waals surface area contributed by atoms with Crippen LogP contribution in [0.4, 0.5) is 0 Å². The van der Waals surface area contributed by atoms with Gasteiger partial charge in [-0.15, -0.1) is 0 Å². The Kier molecular flexibility index (Phi) is 7.01. The standard InChI is InChI=1S/C31H42O11/c1-13-11-31-26(40-27(36)29(10)16(4)41-29)14(2)12-30(31,42-31)25(35)15(3)23(38-18(6)33)20-21(28(20,8)9)24(39-19(7)34)22(13)37-17(5)32/h11,14-16,20-24,26H,12H2,1-10H3/b13-11+/t14-,15+,16?,20-,21+,22+,23-,24?,26-,29?,30-,31-/m0/s1. The van der Waals surface area contributed by atoms with Crippen LogP contribution >= 0.6 is 0 Å². The Balaban J connectivity index is 1.66. The van der Waals surface area contributed by atoms with Crippen LogP contribution < -0.4 is 0 Å². The van der Waals surface area contributed by atoms with E-state index in [-0.39, 0.29) is 30.1 Å². The van der Waals surface area contributed by atoms with E-state index in [1.807, 2.05) is 20.8 Å². The van der Waals surface area contributed by atoms with Crippen molar-refractivity contribution in [1.29, 1.82) is 0 Å². The first-order valence-electron chi connectivity index (χ1n) is 14.7. The zero-order valence-electron chi connectivity index (χ0n) is 26.0. The van der Waals surface area contributed by atoms with Crippen LogP contribution in [0.1, 0.15) is 75.7 Å². The lowest BCUT2D eigenvalue weighted by Gasteiger charge is -2.30. The highest BCUT2D eigenvalue weighted by atomic mass is 16.7. The number of rotatable bonds is 5. The van der Waals surface area contributed by atoms with Crippen molar-refractivity contribution in [3.05, 3.63) is 11.6 Å². The van der Waals surface area contributed by atoms with Gasteiger partial charge in [0, 0.05) is 32.6 Å². The van der Waals surface area contributed by atoms with Gasteiger partial charge in [0.2, 0.25) is 0 Å². The molecule has 0 bridgehead atoms. The molecule has 232 valence electrons. The van der Waals surface area contributed by atoms with Crippen molar-refractivity contribution in [3.8, 4) is 0 Å². The van der Waals surface area contributed by atoms with Crippen molar-refractivity contribution in [2.75, 3.05) is 0 Å². The molecule has 11 nitrogen and oxygen atoms in total. The first kappa shape index (κ1) is 30.7. The molecule has 2 heterocycles. The minimum Gasteiger partial charge on any atom is -0.461 e. The monoisotopic (exact) mass is 590 g/mol. The normalized spacial score (nSPS) is 47.6. The van der Waals surface area contributed by atoms with Gasteiger partial charge < -0.3 is 28.4 Å². The highest BCUT2D eigenvalue weighted by Gasteiger charge is 2.84. The second-order valence-corrected chi connectivity index (χ2v) is 13.7. The summed E-state index contributed by atoms with van der Waals surface area (Å²) in [5, 5.41) is 0. The van der Waals surface area contributed by atoms with E-state index in [4.69, 9.17) is 28.4 Å². The van der Waals surface area contributed by atoms with E-state index in [2.05, 4.69) is 0 Å². The summed E-state index contributed by atoms with van der Waals surface area (Å²) in [5.74, 6) is -4.40. The molecule has 11 heteroatoms. The fraction of sp³-hybridized carbons (Fsp3) is 0.774. The van der Waals surface area contributed by atoms with E-state index in [1.165, 1.54) is 20.8 Å². The van der Waals surface area contributed by atoms with Crippen LogP contribution in [0, 0.1) is 29.1 Å². The SMILES string of the molecule is CC(=O)OC1[C@H](OC(C)=O)/C(C)=C/[C@@]23O[C@@]2(C[C@H](C)[C@@H]3OC(=O)C2(C)OC2C)C(=O)[C@H](C)[C@H](OC(C)=O)[C@@H]2[C@H]1C2(C)C. The van der Waals surface area contributed by atoms with Crippen LogP contribution in [0.5, 0.6) is 0 Å². The Labute approximate surface area is 245 Å². The molecule has 0 aromatic rings. The smallest absolute Gasteiger partial charge is 0.341 e.